The minimum Gasteiger partial charge on any atom is -0.462 e. The lowest BCUT2D eigenvalue weighted by Gasteiger charge is -2.14. The Balaban J connectivity index is 2.76. The number of nitriles is 1. The van der Waals surface area contributed by atoms with Crippen LogP contribution in [0.3, 0.4) is 0 Å². The largest absolute Gasteiger partial charge is 0.462 e. The van der Waals surface area contributed by atoms with Crippen LogP contribution in [0.25, 0.3) is 11.1 Å². The number of non-ortho nitro benzene ring substituents is 1. The van der Waals surface area contributed by atoms with Crippen LogP contribution in [0.15, 0.2) is 24.3 Å². The van der Waals surface area contributed by atoms with Crippen molar-refractivity contribution < 1.29 is 14.5 Å². The summed E-state index contributed by atoms with van der Waals surface area (Å²) in [6.07, 6.45) is 0. The first-order chi connectivity index (χ1) is 11.4. The van der Waals surface area contributed by atoms with Gasteiger partial charge in [0.2, 0.25) is 0 Å². The molecule has 122 valence electrons. The van der Waals surface area contributed by atoms with Gasteiger partial charge in [-0.3, -0.25) is 10.1 Å². The van der Waals surface area contributed by atoms with E-state index in [1.54, 1.807) is 13.8 Å². The number of carbonyl (C=O) groups is 1. The molecule has 0 fully saturated rings. The van der Waals surface area contributed by atoms with Crippen molar-refractivity contribution in [3.63, 3.8) is 0 Å². The van der Waals surface area contributed by atoms with E-state index < -0.39 is 10.9 Å². The quantitative estimate of drug-likeness (QED) is 0.518. The van der Waals surface area contributed by atoms with Gasteiger partial charge in [0, 0.05) is 17.7 Å². The lowest BCUT2D eigenvalue weighted by molar-refractivity contribution is -0.384. The van der Waals surface area contributed by atoms with Crippen LogP contribution in [0.1, 0.15) is 28.5 Å². The van der Waals surface area contributed by atoms with Crippen LogP contribution in [-0.2, 0) is 4.74 Å². The maximum absolute atomic E-state index is 12.3. The molecule has 0 aliphatic carbocycles. The van der Waals surface area contributed by atoms with Crippen molar-refractivity contribution in [1.82, 2.24) is 4.98 Å². The average Bonchev–Trinajstić information content (AvgIpc) is 2.54. The van der Waals surface area contributed by atoms with Crippen LogP contribution in [-0.4, -0.2) is 22.5 Å². The third-order valence-corrected chi connectivity index (χ3v) is 3.36. The Morgan fingerprint density at radius 1 is 1.42 bits per heavy atom. The number of anilines is 1. The summed E-state index contributed by atoms with van der Waals surface area (Å²) in [5, 5.41) is 20.2. The molecule has 0 bridgehead atoms. The van der Waals surface area contributed by atoms with E-state index in [-0.39, 0.29) is 34.8 Å². The molecule has 0 saturated heterocycles. The molecule has 24 heavy (non-hydrogen) atoms. The van der Waals surface area contributed by atoms with E-state index in [2.05, 4.69) is 4.98 Å². The number of hydrogen-bond donors (Lipinski definition) is 1. The number of aromatic nitrogens is 1. The van der Waals surface area contributed by atoms with Crippen LogP contribution in [0, 0.1) is 28.4 Å². The highest BCUT2D eigenvalue weighted by atomic mass is 16.6. The summed E-state index contributed by atoms with van der Waals surface area (Å²) in [6, 6.07) is 7.42. The molecule has 0 unspecified atom stereocenters. The van der Waals surface area contributed by atoms with Crippen molar-refractivity contribution >= 4 is 17.5 Å². The molecule has 2 rings (SSSR count). The zero-order chi connectivity index (χ0) is 17.9. The van der Waals surface area contributed by atoms with Gasteiger partial charge in [-0.1, -0.05) is 0 Å². The molecule has 0 aliphatic rings. The topological polar surface area (TPSA) is 132 Å². The zero-order valence-electron chi connectivity index (χ0n) is 13.1. The lowest BCUT2D eigenvalue weighted by atomic mass is 9.94. The SMILES string of the molecule is CCOC(=O)c1c(C)nc(N)c(C#N)c1-c1ccc([N+](=O)[O-])cc1. The molecular weight excluding hydrogens is 312 g/mol. The first kappa shape index (κ1) is 16.9. The molecule has 0 amide bonds. The fourth-order valence-corrected chi connectivity index (χ4v) is 2.33. The molecule has 0 radical (unpaired) electrons. The highest BCUT2D eigenvalue weighted by Crippen LogP contribution is 2.33. The number of benzene rings is 1. The number of nitro benzene ring substituents is 1. The number of aryl methyl sites for hydroxylation is 1. The van der Waals surface area contributed by atoms with E-state index in [1.807, 2.05) is 6.07 Å². The van der Waals surface area contributed by atoms with Crippen molar-refractivity contribution in [3.8, 4) is 17.2 Å². The third-order valence-electron chi connectivity index (χ3n) is 3.36. The highest BCUT2D eigenvalue weighted by molar-refractivity contribution is 6.01. The number of nitro groups is 1. The van der Waals surface area contributed by atoms with E-state index in [1.165, 1.54) is 24.3 Å². The van der Waals surface area contributed by atoms with Gasteiger partial charge in [-0.15, -0.1) is 0 Å². The maximum Gasteiger partial charge on any atom is 0.340 e. The average molecular weight is 326 g/mol. The predicted octanol–water partition coefficient (Wildman–Crippen LogP) is 2.60. The van der Waals surface area contributed by atoms with Crippen molar-refractivity contribution in [2.75, 3.05) is 12.3 Å². The number of pyridine rings is 1. The van der Waals surface area contributed by atoms with Crippen molar-refractivity contribution in [3.05, 3.63) is 51.2 Å². The third kappa shape index (κ3) is 3.01. The first-order valence-electron chi connectivity index (χ1n) is 7.02. The summed E-state index contributed by atoms with van der Waals surface area (Å²) in [5.74, 6) is -0.649. The van der Waals surface area contributed by atoms with E-state index in [0.717, 1.165) is 0 Å². The Morgan fingerprint density at radius 3 is 2.54 bits per heavy atom. The van der Waals surface area contributed by atoms with E-state index >= 15 is 0 Å². The van der Waals surface area contributed by atoms with Crippen LogP contribution in [0.5, 0.6) is 0 Å². The van der Waals surface area contributed by atoms with Gasteiger partial charge in [0.25, 0.3) is 5.69 Å². The molecule has 2 N–H and O–H groups in total. The van der Waals surface area contributed by atoms with Gasteiger partial charge >= 0.3 is 5.97 Å². The second kappa shape index (κ2) is 6.75. The van der Waals surface area contributed by atoms with Gasteiger partial charge < -0.3 is 10.5 Å². The van der Waals surface area contributed by atoms with E-state index in [4.69, 9.17) is 10.5 Å². The second-order valence-corrected chi connectivity index (χ2v) is 4.84. The summed E-state index contributed by atoms with van der Waals surface area (Å²) in [5.41, 5.74) is 6.86. The number of rotatable bonds is 4. The van der Waals surface area contributed by atoms with Crippen molar-refractivity contribution in [1.29, 1.82) is 5.26 Å². The highest BCUT2D eigenvalue weighted by Gasteiger charge is 2.24. The monoisotopic (exact) mass is 326 g/mol. The molecule has 0 atom stereocenters. The van der Waals surface area contributed by atoms with Gasteiger partial charge in [-0.2, -0.15) is 5.26 Å². The number of nitrogens with two attached hydrogens (primary N) is 1. The second-order valence-electron chi connectivity index (χ2n) is 4.84. The Bertz CT molecular complexity index is 854. The Morgan fingerprint density at radius 2 is 2.04 bits per heavy atom. The molecule has 2 aromatic rings. The number of carbonyl (C=O) groups excluding carboxylic acids is 1. The van der Waals surface area contributed by atoms with Gasteiger partial charge in [0.1, 0.15) is 17.5 Å². The summed E-state index contributed by atoms with van der Waals surface area (Å²) >= 11 is 0. The lowest BCUT2D eigenvalue weighted by Crippen LogP contribution is -2.13. The van der Waals surface area contributed by atoms with Gasteiger partial charge in [-0.25, -0.2) is 9.78 Å². The molecule has 8 nitrogen and oxygen atoms in total. The molecule has 1 aromatic carbocycles. The molecule has 0 aliphatic heterocycles. The summed E-state index contributed by atoms with van der Waals surface area (Å²) < 4.78 is 5.03. The number of nitrogen functional groups attached to an aromatic ring is 1. The van der Waals surface area contributed by atoms with Crippen molar-refractivity contribution in [2.24, 2.45) is 0 Å². The predicted molar refractivity (Wildman–Crippen MR) is 86.1 cm³/mol. The summed E-state index contributed by atoms with van der Waals surface area (Å²) in [7, 11) is 0. The molecule has 1 aromatic heterocycles. The zero-order valence-corrected chi connectivity index (χ0v) is 13.1. The summed E-state index contributed by atoms with van der Waals surface area (Å²) in [6.45, 7) is 3.40. The number of nitrogens with zero attached hydrogens (tertiary/aromatic N) is 3. The van der Waals surface area contributed by atoms with Gasteiger partial charge in [0.05, 0.1) is 22.8 Å². The Hall–Kier alpha value is -3.47. The Labute approximate surface area is 137 Å². The van der Waals surface area contributed by atoms with E-state index in [0.29, 0.717) is 11.3 Å². The van der Waals surface area contributed by atoms with Crippen molar-refractivity contribution in [2.45, 2.75) is 13.8 Å². The number of esters is 1. The first-order valence-corrected chi connectivity index (χ1v) is 7.02. The van der Waals surface area contributed by atoms with E-state index in [9.17, 15) is 20.2 Å². The van der Waals surface area contributed by atoms with Crippen LogP contribution >= 0.6 is 0 Å². The Kier molecular flexibility index (Phi) is 4.75. The van der Waals surface area contributed by atoms with Gasteiger partial charge in [0.15, 0.2) is 0 Å². The molecule has 1 heterocycles. The maximum atomic E-state index is 12.3. The van der Waals surface area contributed by atoms with Gasteiger partial charge in [-0.05, 0) is 31.5 Å². The smallest absolute Gasteiger partial charge is 0.340 e. The molecule has 0 spiro atoms. The van der Waals surface area contributed by atoms with Crippen LogP contribution < -0.4 is 5.73 Å². The molecule has 0 saturated carbocycles. The fraction of sp³-hybridized carbons (Fsp3) is 0.188. The minimum atomic E-state index is -0.632. The van der Waals surface area contributed by atoms with Crippen LogP contribution in [0.2, 0.25) is 0 Å². The molecule has 8 heteroatoms. The standard InChI is InChI=1S/C16H14N4O4/c1-3-24-16(21)13-9(2)19-15(18)12(8-17)14(13)10-4-6-11(7-5-10)20(22)23/h4-7H,3H2,1-2H3,(H2,18,19). The fourth-order valence-electron chi connectivity index (χ4n) is 2.33. The number of hydrogen-bond acceptors (Lipinski definition) is 7. The minimum absolute atomic E-state index is 0.0172. The number of ether oxygens (including phenoxy) is 1. The summed E-state index contributed by atoms with van der Waals surface area (Å²) in [4.78, 5) is 26.6. The normalized spacial score (nSPS) is 10.0. The van der Waals surface area contributed by atoms with Crippen LogP contribution in [0.4, 0.5) is 11.5 Å². The molecular formula is C16H14N4O4.